The predicted octanol–water partition coefficient (Wildman–Crippen LogP) is 4.58. The third-order valence-corrected chi connectivity index (χ3v) is 4.85. The summed E-state index contributed by atoms with van der Waals surface area (Å²) >= 11 is 0. The lowest BCUT2D eigenvalue weighted by Crippen LogP contribution is -2.29. The number of amides is 1. The Hall–Kier alpha value is -4.26. The normalized spacial score (nSPS) is 12.1. The largest absolute Gasteiger partial charge is 0.342 e. The van der Waals surface area contributed by atoms with Crippen molar-refractivity contribution in [1.29, 1.82) is 0 Å². The second-order valence-electron chi connectivity index (χ2n) is 7.08. The zero-order chi connectivity index (χ0) is 21.6. The minimum absolute atomic E-state index is 0.0215. The summed E-state index contributed by atoms with van der Waals surface area (Å²) in [6, 6.07) is 23.3. The first kappa shape index (κ1) is 20.0. The Morgan fingerprint density at radius 3 is 2.61 bits per heavy atom. The zero-order valence-corrected chi connectivity index (χ0v) is 16.6. The van der Waals surface area contributed by atoms with Crippen LogP contribution in [0.5, 0.6) is 0 Å². The molecule has 0 aliphatic carbocycles. The molecule has 0 radical (unpaired) electrons. The van der Waals surface area contributed by atoms with E-state index >= 15 is 0 Å². The number of non-ortho nitro benzene ring substituents is 1. The number of hydrogen-bond acceptors (Lipinski definition) is 4. The molecule has 1 heterocycles. The van der Waals surface area contributed by atoms with E-state index in [0.29, 0.717) is 17.8 Å². The third-order valence-electron chi connectivity index (χ3n) is 4.85. The van der Waals surface area contributed by atoms with Crippen molar-refractivity contribution >= 4 is 28.7 Å². The van der Waals surface area contributed by atoms with Crippen molar-refractivity contribution in [3.63, 3.8) is 0 Å². The van der Waals surface area contributed by atoms with Crippen LogP contribution in [0.15, 0.2) is 84.9 Å². The van der Waals surface area contributed by atoms with Gasteiger partial charge in [-0.3, -0.25) is 14.9 Å². The molecule has 0 saturated carbocycles. The molecule has 154 valence electrons. The highest BCUT2D eigenvalue weighted by molar-refractivity contribution is 5.92. The van der Waals surface area contributed by atoms with Crippen LogP contribution in [0.4, 0.5) is 5.69 Å². The Labute approximate surface area is 178 Å². The quantitative estimate of drug-likeness (QED) is 0.263. The van der Waals surface area contributed by atoms with Gasteiger partial charge in [-0.15, -0.1) is 0 Å². The summed E-state index contributed by atoms with van der Waals surface area (Å²) in [5, 5.41) is 13.9. The van der Waals surface area contributed by atoms with E-state index in [4.69, 9.17) is 0 Å². The van der Waals surface area contributed by atoms with Crippen LogP contribution in [-0.4, -0.2) is 20.8 Å². The number of aromatic amines is 1. The van der Waals surface area contributed by atoms with Crippen LogP contribution in [0.1, 0.15) is 23.0 Å². The number of rotatable bonds is 7. The lowest BCUT2D eigenvalue weighted by atomic mass is 10.1. The molecule has 1 amide bonds. The van der Waals surface area contributed by atoms with E-state index in [0.717, 1.165) is 16.6 Å². The molecule has 31 heavy (non-hydrogen) atoms. The van der Waals surface area contributed by atoms with Gasteiger partial charge in [0.15, 0.2) is 0 Å². The molecule has 1 atom stereocenters. The molecule has 7 nitrogen and oxygen atoms in total. The van der Waals surface area contributed by atoms with E-state index < -0.39 is 4.92 Å². The van der Waals surface area contributed by atoms with Gasteiger partial charge in [0.1, 0.15) is 5.82 Å². The van der Waals surface area contributed by atoms with Crippen LogP contribution in [-0.2, 0) is 11.2 Å². The summed E-state index contributed by atoms with van der Waals surface area (Å²) in [4.78, 5) is 31.1. The summed E-state index contributed by atoms with van der Waals surface area (Å²) in [5.74, 6) is 0.357. The van der Waals surface area contributed by atoms with Crippen LogP contribution in [0, 0.1) is 10.1 Å². The van der Waals surface area contributed by atoms with E-state index in [1.54, 1.807) is 18.2 Å². The fourth-order valence-electron chi connectivity index (χ4n) is 3.34. The highest BCUT2D eigenvalue weighted by Gasteiger charge is 2.18. The Balaban J connectivity index is 1.55. The minimum Gasteiger partial charge on any atom is -0.342 e. The SMILES string of the molecule is O=C(/C=C/c1cccc([N+](=O)[O-])c1)N[C@@H](Cc1ccccc1)c1nc2ccccc2[nH]1. The Morgan fingerprint density at radius 1 is 1.06 bits per heavy atom. The molecule has 3 aromatic carbocycles. The fraction of sp³-hybridized carbons (Fsp3) is 0.0833. The van der Waals surface area contributed by atoms with Crippen LogP contribution < -0.4 is 5.32 Å². The van der Waals surface area contributed by atoms with Crippen molar-refractivity contribution in [1.82, 2.24) is 15.3 Å². The number of carbonyl (C=O) groups excluding carboxylic acids is 1. The highest BCUT2D eigenvalue weighted by Crippen LogP contribution is 2.20. The van der Waals surface area contributed by atoms with Gasteiger partial charge in [0.25, 0.3) is 5.69 Å². The first-order valence-electron chi connectivity index (χ1n) is 9.80. The second-order valence-corrected chi connectivity index (χ2v) is 7.08. The van der Waals surface area contributed by atoms with E-state index in [1.165, 1.54) is 18.2 Å². The van der Waals surface area contributed by atoms with Gasteiger partial charge in [0, 0.05) is 18.2 Å². The molecule has 0 aliphatic heterocycles. The van der Waals surface area contributed by atoms with Gasteiger partial charge in [0.2, 0.25) is 5.91 Å². The second kappa shape index (κ2) is 9.04. The van der Waals surface area contributed by atoms with Gasteiger partial charge in [0.05, 0.1) is 22.0 Å². The van der Waals surface area contributed by atoms with Crippen molar-refractivity contribution in [3.8, 4) is 0 Å². The summed E-state index contributed by atoms with van der Waals surface area (Å²) in [6.45, 7) is 0. The maximum atomic E-state index is 12.7. The third kappa shape index (κ3) is 5.02. The predicted molar refractivity (Wildman–Crippen MR) is 119 cm³/mol. The Kier molecular flexibility index (Phi) is 5.84. The van der Waals surface area contributed by atoms with E-state index in [2.05, 4.69) is 15.3 Å². The van der Waals surface area contributed by atoms with Crippen molar-refractivity contribution < 1.29 is 9.72 Å². The molecular formula is C24H20N4O3. The fourth-order valence-corrected chi connectivity index (χ4v) is 3.34. The Morgan fingerprint density at radius 2 is 1.84 bits per heavy atom. The van der Waals surface area contributed by atoms with Crippen molar-refractivity contribution in [2.75, 3.05) is 0 Å². The average molecular weight is 412 g/mol. The van der Waals surface area contributed by atoms with Crippen LogP contribution in [0.2, 0.25) is 0 Å². The molecule has 4 rings (SSSR count). The standard InChI is InChI=1S/C24H20N4O3/c29-23(14-13-18-9-6-10-19(15-18)28(30)31)25-22(16-17-7-2-1-3-8-17)24-26-20-11-4-5-12-21(20)27-24/h1-15,22H,16H2,(H,25,29)(H,26,27)/b14-13+/t22-/m0/s1. The van der Waals surface area contributed by atoms with E-state index in [-0.39, 0.29) is 17.6 Å². The smallest absolute Gasteiger partial charge is 0.270 e. The van der Waals surface area contributed by atoms with Crippen molar-refractivity contribution in [3.05, 3.63) is 112 Å². The van der Waals surface area contributed by atoms with Gasteiger partial charge < -0.3 is 10.3 Å². The average Bonchev–Trinajstić information content (AvgIpc) is 3.22. The van der Waals surface area contributed by atoms with Crippen LogP contribution in [0.25, 0.3) is 17.1 Å². The molecule has 0 aliphatic rings. The van der Waals surface area contributed by atoms with E-state index in [1.807, 2.05) is 54.6 Å². The van der Waals surface area contributed by atoms with Crippen LogP contribution in [0.3, 0.4) is 0 Å². The maximum Gasteiger partial charge on any atom is 0.270 e. The first-order chi connectivity index (χ1) is 15.1. The summed E-state index contributed by atoms with van der Waals surface area (Å²) < 4.78 is 0. The highest BCUT2D eigenvalue weighted by atomic mass is 16.6. The molecule has 7 heteroatoms. The lowest BCUT2D eigenvalue weighted by molar-refractivity contribution is -0.384. The maximum absolute atomic E-state index is 12.7. The number of para-hydroxylation sites is 2. The summed E-state index contributed by atoms with van der Waals surface area (Å²) in [6.07, 6.45) is 3.50. The number of imidazole rings is 1. The van der Waals surface area contributed by atoms with Crippen LogP contribution >= 0.6 is 0 Å². The van der Waals surface area contributed by atoms with Gasteiger partial charge >= 0.3 is 0 Å². The summed E-state index contributed by atoms with van der Waals surface area (Å²) in [5.41, 5.74) is 3.35. The summed E-state index contributed by atoms with van der Waals surface area (Å²) in [7, 11) is 0. The molecule has 0 unspecified atom stereocenters. The number of nitrogens with one attached hydrogen (secondary N) is 2. The van der Waals surface area contributed by atoms with Gasteiger partial charge in [-0.05, 0) is 35.8 Å². The molecule has 1 aromatic heterocycles. The zero-order valence-electron chi connectivity index (χ0n) is 16.6. The monoisotopic (exact) mass is 412 g/mol. The minimum atomic E-state index is -0.463. The molecule has 4 aromatic rings. The molecule has 2 N–H and O–H groups in total. The van der Waals surface area contributed by atoms with Crippen molar-refractivity contribution in [2.24, 2.45) is 0 Å². The number of nitro groups is 1. The number of benzene rings is 3. The van der Waals surface area contributed by atoms with Gasteiger partial charge in [-0.25, -0.2) is 4.98 Å². The number of hydrogen-bond donors (Lipinski definition) is 2. The molecule has 0 saturated heterocycles. The van der Waals surface area contributed by atoms with Gasteiger partial charge in [-0.1, -0.05) is 54.6 Å². The number of nitro benzene ring substituents is 1. The number of carbonyl (C=O) groups is 1. The van der Waals surface area contributed by atoms with E-state index in [9.17, 15) is 14.9 Å². The topological polar surface area (TPSA) is 101 Å². The Bertz CT molecular complexity index is 1210. The molecule has 0 fully saturated rings. The van der Waals surface area contributed by atoms with Gasteiger partial charge in [-0.2, -0.15) is 0 Å². The lowest BCUT2D eigenvalue weighted by Gasteiger charge is -2.16. The van der Waals surface area contributed by atoms with Crippen molar-refractivity contribution in [2.45, 2.75) is 12.5 Å². The number of aromatic nitrogens is 2. The molecule has 0 spiro atoms. The number of H-pyrrole nitrogens is 1. The number of nitrogens with zero attached hydrogens (tertiary/aromatic N) is 2. The molecular weight excluding hydrogens is 392 g/mol. The first-order valence-corrected chi connectivity index (χ1v) is 9.80. The molecule has 0 bridgehead atoms. The number of fused-ring (bicyclic) bond motifs is 1.